The van der Waals surface area contributed by atoms with Crippen LogP contribution in [0.25, 0.3) is 0 Å². The Kier molecular flexibility index (Phi) is 6.12. The number of unbranched alkanes of at least 4 members (excludes halogenated alkanes) is 1. The molecule has 106 valence electrons. The van der Waals surface area contributed by atoms with Gasteiger partial charge in [0, 0.05) is 6.07 Å². The van der Waals surface area contributed by atoms with Crippen molar-refractivity contribution in [3.05, 3.63) is 28.3 Å². The van der Waals surface area contributed by atoms with E-state index in [9.17, 15) is 10.1 Å². The molecule has 0 saturated heterocycles. The van der Waals surface area contributed by atoms with E-state index in [0.717, 1.165) is 19.3 Å². The van der Waals surface area contributed by atoms with Gasteiger partial charge in [-0.2, -0.15) is 0 Å². The molecule has 0 aliphatic carbocycles. The molecule has 0 aromatic heterocycles. The third-order valence-electron chi connectivity index (χ3n) is 3.23. The maximum atomic E-state index is 10.7. The number of anilines is 1. The molecule has 5 heteroatoms. The summed E-state index contributed by atoms with van der Waals surface area (Å²) in [7, 11) is 0. The highest BCUT2D eigenvalue weighted by atomic mass is 16.6. The lowest BCUT2D eigenvalue weighted by molar-refractivity contribution is -0.384. The van der Waals surface area contributed by atoms with E-state index >= 15 is 0 Å². The van der Waals surface area contributed by atoms with Gasteiger partial charge in [-0.15, -0.1) is 0 Å². The van der Waals surface area contributed by atoms with Gasteiger partial charge in [-0.1, -0.05) is 33.1 Å². The highest BCUT2D eigenvalue weighted by Gasteiger charge is 2.12. The number of non-ortho nitro benzene ring substituents is 1. The number of nitrogens with two attached hydrogens (primary N) is 1. The lowest BCUT2D eigenvalue weighted by Crippen LogP contribution is -2.12. The molecule has 1 rings (SSSR count). The van der Waals surface area contributed by atoms with Gasteiger partial charge in [0.1, 0.15) is 5.75 Å². The second kappa shape index (κ2) is 7.61. The van der Waals surface area contributed by atoms with Crippen LogP contribution >= 0.6 is 0 Å². The van der Waals surface area contributed by atoms with E-state index in [0.29, 0.717) is 24.0 Å². The molecule has 5 nitrogen and oxygen atoms in total. The van der Waals surface area contributed by atoms with Crippen molar-refractivity contribution < 1.29 is 9.66 Å². The fraction of sp³-hybridized carbons (Fsp3) is 0.571. The van der Waals surface area contributed by atoms with Crippen LogP contribution in [0.3, 0.4) is 0 Å². The van der Waals surface area contributed by atoms with Crippen LogP contribution in [0.15, 0.2) is 18.2 Å². The Morgan fingerprint density at radius 2 is 2.16 bits per heavy atom. The average Bonchev–Trinajstić information content (AvgIpc) is 2.40. The van der Waals surface area contributed by atoms with Gasteiger partial charge in [-0.3, -0.25) is 10.1 Å². The number of hydrogen-bond acceptors (Lipinski definition) is 4. The Morgan fingerprint density at radius 3 is 2.74 bits per heavy atom. The first-order chi connectivity index (χ1) is 9.08. The largest absolute Gasteiger partial charge is 0.491 e. The van der Waals surface area contributed by atoms with Crippen molar-refractivity contribution in [3.8, 4) is 5.75 Å². The van der Waals surface area contributed by atoms with Crippen LogP contribution in [0, 0.1) is 16.0 Å². The van der Waals surface area contributed by atoms with Crippen LogP contribution in [0.2, 0.25) is 0 Å². The Hall–Kier alpha value is -1.78. The maximum Gasteiger partial charge on any atom is 0.273 e. The number of ether oxygens (including phenoxy) is 1. The normalized spacial score (nSPS) is 12.1. The maximum absolute atomic E-state index is 10.7. The minimum absolute atomic E-state index is 0.00538. The van der Waals surface area contributed by atoms with Crippen molar-refractivity contribution in [3.63, 3.8) is 0 Å². The van der Waals surface area contributed by atoms with Gasteiger partial charge < -0.3 is 10.5 Å². The fourth-order valence-corrected chi connectivity index (χ4v) is 1.87. The quantitative estimate of drug-likeness (QED) is 0.441. The summed E-state index contributed by atoms with van der Waals surface area (Å²) in [5, 5.41) is 10.7. The van der Waals surface area contributed by atoms with E-state index in [1.165, 1.54) is 24.6 Å². The van der Waals surface area contributed by atoms with Gasteiger partial charge in [0.05, 0.1) is 23.3 Å². The molecule has 2 N–H and O–H groups in total. The Balaban J connectivity index is 2.65. The Labute approximate surface area is 113 Å². The molecule has 0 aliphatic rings. The highest BCUT2D eigenvalue weighted by molar-refractivity contribution is 5.57. The minimum atomic E-state index is -0.444. The number of nitro benzene ring substituents is 1. The minimum Gasteiger partial charge on any atom is -0.491 e. The Bertz CT molecular complexity index is 421. The summed E-state index contributed by atoms with van der Waals surface area (Å²) in [5.74, 6) is 0.878. The third kappa shape index (κ3) is 4.77. The van der Waals surface area contributed by atoms with E-state index in [1.54, 1.807) is 0 Å². The summed E-state index contributed by atoms with van der Waals surface area (Å²) < 4.78 is 5.65. The van der Waals surface area contributed by atoms with E-state index < -0.39 is 4.92 Å². The van der Waals surface area contributed by atoms with Gasteiger partial charge in [0.2, 0.25) is 0 Å². The molecule has 0 amide bonds. The van der Waals surface area contributed by atoms with Crippen molar-refractivity contribution >= 4 is 11.4 Å². The van der Waals surface area contributed by atoms with Crippen LogP contribution in [0.1, 0.15) is 39.5 Å². The summed E-state index contributed by atoms with van der Waals surface area (Å²) in [6, 6.07) is 4.29. The van der Waals surface area contributed by atoms with Gasteiger partial charge in [0.25, 0.3) is 5.69 Å². The van der Waals surface area contributed by atoms with E-state index in [1.807, 2.05) is 0 Å². The molecule has 1 atom stereocenters. The van der Waals surface area contributed by atoms with Crippen LogP contribution in [-0.2, 0) is 0 Å². The zero-order chi connectivity index (χ0) is 14.3. The zero-order valence-corrected chi connectivity index (χ0v) is 11.6. The second-order valence-corrected chi connectivity index (χ2v) is 4.71. The summed E-state index contributed by atoms with van der Waals surface area (Å²) >= 11 is 0. The van der Waals surface area contributed by atoms with Crippen LogP contribution in [0.4, 0.5) is 11.4 Å². The monoisotopic (exact) mass is 266 g/mol. The fourth-order valence-electron chi connectivity index (χ4n) is 1.87. The number of hydrogen-bond donors (Lipinski definition) is 1. The van der Waals surface area contributed by atoms with E-state index in [-0.39, 0.29) is 5.69 Å². The average molecular weight is 266 g/mol. The molecule has 0 spiro atoms. The van der Waals surface area contributed by atoms with Crippen molar-refractivity contribution in [1.29, 1.82) is 0 Å². The van der Waals surface area contributed by atoms with Crippen molar-refractivity contribution in [2.45, 2.75) is 39.5 Å². The predicted octanol–water partition coefficient (Wildman–Crippen LogP) is 3.77. The molecule has 0 radical (unpaired) electrons. The molecular formula is C14H22N2O3. The standard InChI is InChI=1S/C14H22N2O3/c1-3-5-6-11(4-2)10-19-14-9-12(16(17)18)7-8-13(14)15/h7-9,11H,3-6,10,15H2,1-2H3. The highest BCUT2D eigenvalue weighted by Crippen LogP contribution is 2.27. The predicted molar refractivity (Wildman–Crippen MR) is 76.3 cm³/mol. The molecular weight excluding hydrogens is 244 g/mol. The van der Waals surface area contributed by atoms with Gasteiger partial charge in [-0.05, 0) is 18.4 Å². The topological polar surface area (TPSA) is 78.4 Å². The van der Waals surface area contributed by atoms with Crippen LogP contribution < -0.4 is 10.5 Å². The Morgan fingerprint density at radius 1 is 1.42 bits per heavy atom. The SMILES string of the molecule is CCCCC(CC)COc1cc([N+](=O)[O-])ccc1N. The number of nitrogen functional groups attached to an aromatic ring is 1. The summed E-state index contributed by atoms with van der Waals surface area (Å²) in [6.45, 7) is 4.84. The molecule has 1 aromatic rings. The second-order valence-electron chi connectivity index (χ2n) is 4.71. The first-order valence-electron chi connectivity index (χ1n) is 6.75. The van der Waals surface area contributed by atoms with Gasteiger partial charge in [0.15, 0.2) is 0 Å². The van der Waals surface area contributed by atoms with Crippen molar-refractivity contribution in [2.75, 3.05) is 12.3 Å². The number of nitro groups is 1. The molecule has 0 bridgehead atoms. The third-order valence-corrected chi connectivity index (χ3v) is 3.23. The first-order valence-corrected chi connectivity index (χ1v) is 6.75. The molecule has 1 unspecified atom stereocenters. The molecule has 0 heterocycles. The molecule has 1 aromatic carbocycles. The van der Waals surface area contributed by atoms with Crippen molar-refractivity contribution in [2.24, 2.45) is 5.92 Å². The number of nitrogens with zero attached hydrogens (tertiary/aromatic N) is 1. The number of benzene rings is 1. The van der Waals surface area contributed by atoms with Crippen LogP contribution in [-0.4, -0.2) is 11.5 Å². The molecule has 0 saturated carbocycles. The lowest BCUT2D eigenvalue weighted by Gasteiger charge is -2.16. The van der Waals surface area contributed by atoms with Gasteiger partial charge in [-0.25, -0.2) is 0 Å². The summed E-state index contributed by atoms with van der Waals surface area (Å²) in [6.07, 6.45) is 4.48. The molecule has 19 heavy (non-hydrogen) atoms. The molecule has 0 aliphatic heterocycles. The van der Waals surface area contributed by atoms with E-state index in [4.69, 9.17) is 10.5 Å². The number of rotatable bonds is 8. The smallest absolute Gasteiger partial charge is 0.273 e. The van der Waals surface area contributed by atoms with Crippen molar-refractivity contribution in [1.82, 2.24) is 0 Å². The summed E-state index contributed by atoms with van der Waals surface area (Å²) in [5.41, 5.74) is 6.22. The zero-order valence-electron chi connectivity index (χ0n) is 11.6. The van der Waals surface area contributed by atoms with E-state index in [2.05, 4.69) is 13.8 Å². The lowest BCUT2D eigenvalue weighted by atomic mass is 10.0. The van der Waals surface area contributed by atoms with Crippen LogP contribution in [0.5, 0.6) is 5.75 Å². The first kappa shape index (κ1) is 15.3. The van der Waals surface area contributed by atoms with Gasteiger partial charge >= 0.3 is 0 Å². The summed E-state index contributed by atoms with van der Waals surface area (Å²) in [4.78, 5) is 10.3. The molecule has 0 fully saturated rings.